The molecule has 96 valence electrons. The Balaban J connectivity index is 0.00000225. The Hall–Kier alpha value is -0.280. The van der Waals surface area contributed by atoms with E-state index < -0.39 is 0 Å². The lowest BCUT2D eigenvalue weighted by molar-refractivity contribution is -0.123. The summed E-state index contributed by atoms with van der Waals surface area (Å²) in [4.78, 5) is 11.6. The molecule has 0 spiro atoms. The smallest absolute Gasteiger partial charge is 0.236 e. The molecule has 1 aliphatic rings. The molecule has 1 amide bonds. The van der Waals surface area contributed by atoms with Crippen molar-refractivity contribution in [2.45, 2.75) is 58.4 Å². The molecule has 0 bridgehead atoms. The fourth-order valence-electron chi connectivity index (χ4n) is 2.28. The molecule has 0 aromatic rings. The molecule has 3 nitrogen and oxygen atoms in total. The first kappa shape index (κ1) is 15.7. The van der Waals surface area contributed by atoms with Gasteiger partial charge in [-0.05, 0) is 24.7 Å². The van der Waals surface area contributed by atoms with Crippen LogP contribution in [0.2, 0.25) is 0 Å². The van der Waals surface area contributed by atoms with Crippen LogP contribution >= 0.6 is 12.4 Å². The molecule has 1 unspecified atom stereocenters. The summed E-state index contributed by atoms with van der Waals surface area (Å²) in [5, 5.41) is 2.99. The molecular weight excluding hydrogens is 224 g/mol. The Bertz CT molecular complexity index is 215. The van der Waals surface area contributed by atoms with Gasteiger partial charge in [0.25, 0.3) is 0 Å². The summed E-state index contributed by atoms with van der Waals surface area (Å²) in [5.41, 5.74) is 6.06. The summed E-state index contributed by atoms with van der Waals surface area (Å²) < 4.78 is 0. The van der Waals surface area contributed by atoms with Crippen LogP contribution in [0.15, 0.2) is 0 Å². The molecule has 1 atom stereocenters. The van der Waals surface area contributed by atoms with Crippen molar-refractivity contribution in [3.05, 3.63) is 0 Å². The maximum Gasteiger partial charge on any atom is 0.236 e. The first-order valence-corrected chi connectivity index (χ1v) is 6.11. The van der Waals surface area contributed by atoms with Crippen molar-refractivity contribution in [2.75, 3.05) is 6.54 Å². The van der Waals surface area contributed by atoms with E-state index in [1.54, 1.807) is 0 Å². The van der Waals surface area contributed by atoms with E-state index in [1.807, 2.05) is 6.92 Å². The lowest BCUT2D eigenvalue weighted by atomic mass is 9.89. The van der Waals surface area contributed by atoms with Crippen LogP contribution in [0.5, 0.6) is 0 Å². The lowest BCUT2D eigenvalue weighted by Crippen LogP contribution is -2.44. The summed E-state index contributed by atoms with van der Waals surface area (Å²) >= 11 is 0. The number of hydrogen-bond acceptors (Lipinski definition) is 2. The predicted octanol–water partition coefficient (Wildman–Crippen LogP) is 2.23. The second-order valence-electron chi connectivity index (χ2n) is 5.13. The SMILES string of the molecule is CCCC(N)C(=O)NCC1(C)CCCC1.Cl. The van der Waals surface area contributed by atoms with E-state index in [9.17, 15) is 4.79 Å². The minimum absolute atomic E-state index is 0. The number of halogens is 1. The summed E-state index contributed by atoms with van der Waals surface area (Å²) in [6, 6.07) is -0.319. The van der Waals surface area contributed by atoms with Gasteiger partial charge in [0.05, 0.1) is 6.04 Å². The number of rotatable bonds is 5. The Kier molecular flexibility index (Phi) is 7.00. The van der Waals surface area contributed by atoms with Crippen molar-refractivity contribution in [1.29, 1.82) is 0 Å². The topological polar surface area (TPSA) is 55.1 Å². The number of nitrogens with one attached hydrogen (secondary N) is 1. The third kappa shape index (κ3) is 4.71. The van der Waals surface area contributed by atoms with Crippen LogP contribution in [0.4, 0.5) is 0 Å². The van der Waals surface area contributed by atoms with E-state index in [0.717, 1.165) is 19.4 Å². The van der Waals surface area contributed by atoms with Crippen LogP contribution in [0.25, 0.3) is 0 Å². The highest BCUT2D eigenvalue weighted by molar-refractivity contribution is 5.85. The van der Waals surface area contributed by atoms with E-state index in [-0.39, 0.29) is 24.4 Å². The summed E-state index contributed by atoms with van der Waals surface area (Å²) in [7, 11) is 0. The molecule has 1 rings (SSSR count). The first-order valence-electron chi connectivity index (χ1n) is 6.11. The Morgan fingerprint density at radius 1 is 1.44 bits per heavy atom. The van der Waals surface area contributed by atoms with Gasteiger partial charge in [0.15, 0.2) is 0 Å². The number of nitrogens with two attached hydrogens (primary N) is 1. The van der Waals surface area contributed by atoms with Crippen LogP contribution in [-0.4, -0.2) is 18.5 Å². The van der Waals surface area contributed by atoms with Gasteiger partial charge < -0.3 is 11.1 Å². The number of amides is 1. The van der Waals surface area contributed by atoms with Gasteiger partial charge in [0, 0.05) is 6.54 Å². The van der Waals surface area contributed by atoms with E-state index in [4.69, 9.17) is 5.73 Å². The van der Waals surface area contributed by atoms with Gasteiger partial charge in [-0.1, -0.05) is 33.1 Å². The second kappa shape index (κ2) is 7.13. The van der Waals surface area contributed by atoms with Gasteiger partial charge in [0.1, 0.15) is 0 Å². The van der Waals surface area contributed by atoms with Gasteiger partial charge in [-0.25, -0.2) is 0 Å². The summed E-state index contributed by atoms with van der Waals surface area (Å²) in [5.74, 6) is 0.0185. The lowest BCUT2D eigenvalue weighted by Gasteiger charge is -2.24. The third-order valence-electron chi connectivity index (χ3n) is 3.44. The molecule has 0 heterocycles. The van der Waals surface area contributed by atoms with Crippen molar-refractivity contribution in [3.63, 3.8) is 0 Å². The molecule has 1 saturated carbocycles. The molecule has 1 aliphatic carbocycles. The largest absolute Gasteiger partial charge is 0.354 e. The molecular formula is C12H25ClN2O. The van der Waals surface area contributed by atoms with Crippen molar-refractivity contribution < 1.29 is 4.79 Å². The Labute approximate surface area is 105 Å². The van der Waals surface area contributed by atoms with Crippen molar-refractivity contribution in [3.8, 4) is 0 Å². The van der Waals surface area contributed by atoms with Crippen molar-refractivity contribution >= 4 is 18.3 Å². The molecule has 1 fully saturated rings. The van der Waals surface area contributed by atoms with Crippen LogP contribution in [0, 0.1) is 5.41 Å². The molecule has 0 aliphatic heterocycles. The van der Waals surface area contributed by atoms with E-state index in [0.29, 0.717) is 5.41 Å². The highest BCUT2D eigenvalue weighted by atomic mass is 35.5. The van der Waals surface area contributed by atoms with Gasteiger partial charge >= 0.3 is 0 Å². The van der Waals surface area contributed by atoms with E-state index >= 15 is 0 Å². The van der Waals surface area contributed by atoms with Crippen LogP contribution in [0.1, 0.15) is 52.4 Å². The molecule has 0 aromatic carbocycles. The van der Waals surface area contributed by atoms with Gasteiger partial charge in [-0.3, -0.25) is 4.79 Å². The van der Waals surface area contributed by atoms with Crippen molar-refractivity contribution in [2.24, 2.45) is 11.1 Å². The molecule has 0 aromatic heterocycles. The Morgan fingerprint density at radius 3 is 2.50 bits per heavy atom. The zero-order chi connectivity index (χ0) is 11.3. The van der Waals surface area contributed by atoms with Gasteiger partial charge in [0.2, 0.25) is 5.91 Å². The minimum atomic E-state index is -0.319. The molecule has 0 radical (unpaired) electrons. The van der Waals surface area contributed by atoms with Crippen molar-refractivity contribution in [1.82, 2.24) is 5.32 Å². The van der Waals surface area contributed by atoms with E-state index in [2.05, 4.69) is 12.2 Å². The van der Waals surface area contributed by atoms with Gasteiger partial charge in [-0.15, -0.1) is 12.4 Å². The average Bonchev–Trinajstić information content (AvgIpc) is 2.63. The number of hydrogen-bond donors (Lipinski definition) is 2. The predicted molar refractivity (Wildman–Crippen MR) is 69.7 cm³/mol. The molecule has 3 N–H and O–H groups in total. The minimum Gasteiger partial charge on any atom is -0.354 e. The average molecular weight is 249 g/mol. The highest BCUT2D eigenvalue weighted by Gasteiger charge is 2.29. The second-order valence-corrected chi connectivity index (χ2v) is 5.13. The molecule has 4 heteroatoms. The van der Waals surface area contributed by atoms with Crippen LogP contribution in [-0.2, 0) is 4.79 Å². The molecule has 0 saturated heterocycles. The Morgan fingerprint density at radius 2 is 2.00 bits per heavy atom. The van der Waals surface area contributed by atoms with E-state index in [1.165, 1.54) is 25.7 Å². The van der Waals surface area contributed by atoms with Gasteiger partial charge in [-0.2, -0.15) is 0 Å². The standard InChI is InChI=1S/C12H24N2O.ClH/c1-3-6-10(13)11(15)14-9-12(2)7-4-5-8-12;/h10H,3-9,13H2,1-2H3,(H,14,15);1H. The zero-order valence-corrected chi connectivity index (χ0v) is 11.2. The summed E-state index contributed by atoms with van der Waals surface area (Å²) in [6.45, 7) is 5.10. The number of carbonyl (C=O) groups excluding carboxylic acids is 1. The monoisotopic (exact) mass is 248 g/mol. The normalized spacial score (nSPS) is 19.9. The summed E-state index contributed by atoms with van der Waals surface area (Å²) in [6.07, 6.45) is 6.81. The van der Waals surface area contributed by atoms with Crippen LogP contribution < -0.4 is 11.1 Å². The quantitative estimate of drug-likeness (QED) is 0.784. The molecule has 16 heavy (non-hydrogen) atoms. The maximum atomic E-state index is 11.6. The third-order valence-corrected chi connectivity index (χ3v) is 3.44. The fraction of sp³-hybridized carbons (Fsp3) is 0.917. The van der Waals surface area contributed by atoms with Crippen LogP contribution in [0.3, 0.4) is 0 Å². The maximum absolute atomic E-state index is 11.6. The fourth-order valence-corrected chi connectivity index (χ4v) is 2.28. The zero-order valence-electron chi connectivity index (χ0n) is 10.4. The first-order chi connectivity index (χ1) is 7.07. The highest BCUT2D eigenvalue weighted by Crippen LogP contribution is 2.36. The number of carbonyl (C=O) groups is 1.